The number of hydrogen-bond acceptors (Lipinski definition) is 5. The van der Waals surface area contributed by atoms with Gasteiger partial charge in [0, 0.05) is 23.6 Å². The largest absolute Gasteiger partial charge is 0.325 e. The van der Waals surface area contributed by atoms with E-state index < -0.39 is 0 Å². The second-order valence-electron chi connectivity index (χ2n) is 5.00. The first-order valence-corrected chi connectivity index (χ1v) is 8.12. The average Bonchev–Trinajstić information content (AvgIpc) is 3.06. The van der Waals surface area contributed by atoms with Crippen molar-refractivity contribution in [2.45, 2.75) is 12.1 Å². The van der Waals surface area contributed by atoms with Gasteiger partial charge in [-0.15, -0.1) is 5.10 Å². The molecule has 0 saturated heterocycles. The van der Waals surface area contributed by atoms with Gasteiger partial charge in [0.1, 0.15) is 5.82 Å². The Morgan fingerprint density at radius 1 is 1.29 bits per heavy atom. The van der Waals surface area contributed by atoms with Crippen LogP contribution in [0.2, 0.25) is 0 Å². The summed E-state index contributed by atoms with van der Waals surface area (Å²) in [6.45, 7) is 1.67. The van der Waals surface area contributed by atoms with E-state index in [1.165, 1.54) is 17.8 Å². The molecule has 0 saturated carbocycles. The smallest absolute Gasteiger partial charge is 0.234 e. The number of thioether (sulfide) groups is 1. The number of nitrogens with zero attached hydrogens (tertiary/aromatic N) is 3. The first-order valence-electron chi connectivity index (χ1n) is 7.13. The number of aromatic nitrogens is 4. The summed E-state index contributed by atoms with van der Waals surface area (Å²) in [4.78, 5) is 20.2. The van der Waals surface area contributed by atoms with Crippen molar-refractivity contribution < 1.29 is 9.18 Å². The summed E-state index contributed by atoms with van der Waals surface area (Å²) in [5.41, 5.74) is 1.83. The van der Waals surface area contributed by atoms with Gasteiger partial charge in [-0.2, -0.15) is 0 Å². The summed E-state index contributed by atoms with van der Waals surface area (Å²) in [5, 5.41) is 9.99. The molecule has 3 rings (SSSR count). The number of amides is 1. The van der Waals surface area contributed by atoms with Crippen molar-refractivity contribution in [1.29, 1.82) is 0 Å². The lowest BCUT2D eigenvalue weighted by molar-refractivity contribution is -0.113. The van der Waals surface area contributed by atoms with Crippen LogP contribution >= 0.6 is 11.8 Å². The van der Waals surface area contributed by atoms with E-state index in [0.717, 1.165) is 5.56 Å². The van der Waals surface area contributed by atoms with E-state index >= 15 is 0 Å². The number of hydrogen-bond donors (Lipinski definition) is 2. The van der Waals surface area contributed by atoms with Crippen LogP contribution in [0, 0.1) is 12.7 Å². The van der Waals surface area contributed by atoms with Gasteiger partial charge in [0.25, 0.3) is 0 Å². The minimum atomic E-state index is -0.351. The molecule has 1 aromatic carbocycles. The number of rotatable bonds is 5. The number of anilines is 1. The Bertz CT molecular complexity index is 853. The molecule has 2 heterocycles. The van der Waals surface area contributed by atoms with E-state index in [1.807, 2.05) is 12.1 Å². The van der Waals surface area contributed by atoms with Crippen molar-refractivity contribution in [3.8, 4) is 11.4 Å². The van der Waals surface area contributed by atoms with Gasteiger partial charge < -0.3 is 5.32 Å². The number of carbonyl (C=O) groups excluding carboxylic acids is 1. The molecule has 0 aliphatic heterocycles. The molecule has 0 unspecified atom stereocenters. The lowest BCUT2D eigenvalue weighted by Crippen LogP contribution is -2.14. The third-order valence-electron chi connectivity index (χ3n) is 3.21. The normalized spacial score (nSPS) is 10.6. The highest BCUT2D eigenvalue weighted by Gasteiger charge is 2.10. The fourth-order valence-electron chi connectivity index (χ4n) is 1.95. The molecule has 8 heteroatoms. The Morgan fingerprint density at radius 3 is 2.83 bits per heavy atom. The van der Waals surface area contributed by atoms with Crippen LogP contribution in [-0.4, -0.2) is 31.8 Å². The maximum atomic E-state index is 13.5. The SMILES string of the molecule is Cc1ccc(NC(=O)CSc2n[nH]c(-c3ccncc3)n2)cc1F. The summed E-state index contributed by atoms with van der Waals surface area (Å²) < 4.78 is 13.5. The molecule has 122 valence electrons. The Morgan fingerprint density at radius 2 is 2.08 bits per heavy atom. The molecule has 2 N–H and O–H groups in total. The number of benzene rings is 1. The molecule has 24 heavy (non-hydrogen) atoms. The predicted octanol–water partition coefficient (Wildman–Crippen LogP) is 3.05. The Balaban J connectivity index is 1.56. The third kappa shape index (κ3) is 3.96. The Labute approximate surface area is 141 Å². The molecule has 0 bridgehead atoms. The van der Waals surface area contributed by atoms with Crippen LogP contribution in [0.3, 0.4) is 0 Å². The molecule has 0 aliphatic rings. The van der Waals surface area contributed by atoms with E-state index in [0.29, 0.717) is 22.2 Å². The highest BCUT2D eigenvalue weighted by molar-refractivity contribution is 7.99. The second kappa shape index (κ2) is 7.22. The summed E-state index contributed by atoms with van der Waals surface area (Å²) in [7, 11) is 0. The summed E-state index contributed by atoms with van der Waals surface area (Å²) in [6.07, 6.45) is 3.33. The van der Waals surface area contributed by atoms with Gasteiger partial charge in [0.05, 0.1) is 5.75 Å². The molecule has 0 atom stereocenters. The van der Waals surface area contributed by atoms with Crippen LogP contribution in [0.25, 0.3) is 11.4 Å². The van der Waals surface area contributed by atoms with Gasteiger partial charge in [-0.25, -0.2) is 9.37 Å². The van der Waals surface area contributed by atoms with Crippen molar-refractivity contribution in [3.63, 3.8) is 0 Å². The van der Waals surface area contributed by atoms with E-state index in [9.17, 15) is 9.18 Å². The number of pyridine rings is 1. The van der Waals surface area contributed by atoms with Crippen molar-refractivity contribution in [1.82, 2.24) is 20.2 Å². The van der Waals surface area contributed by atoms with Gasteiger partial charge in [-0.05, 0) is 36.8 Å². The van der Waals surface area contributed by atoms with Crippen LogP contribution in [0.4, 0.5) is 10.1 Å². The zero-order valence-electron chi connectivity index (χ0n) is 12.8. The molecular formula is C16H14FN5OS. The number of aromatic amines is 1. The molecule has 0 aliphatic carbocycles. The number of H-pyrrole nitrogens is 1. The van der Waals surface area contributed by atoms with E-state index in [2.05, 4.69) is 25.5 Å². The van der Waals surface area contributed by atoms with Gasteiger partial charge in [0.2, 0.25) is 11.1 Å². The third-order valence-corrected chi connectivity index (χ3v) is 4.05. The summed E-state index contributed by atoms with van der Waals surface area (Å²) in [5.74, 6) is 0.138. The van der Waals surface area contributed by atoms with Crippen molar-refractivity contribution in [2.24, 2.45) is 0 Å². The molecule has 0 spiro atoms. The van der Waals surface area contributed by atoms with Crippen LogP contribution in [0.5, 0.6) is 0 Å². The lowest BCUT2D eigenvalue weighted by Gasteiger charge is -2.05. The van der Waals surface area contributed by atoms with Crippen LogP contribution in [-0.2, 0) is 4.79 Å². The second-order valence-corrected chi connectivity index (χ2v) is 5.95. The molecule has 1 amide bonds. The van der Waals surface area contributed by atoms with Crippen LogP contribution in [0.1, 0.15) is 5.56 Å². The predicted molar refractivity (Wildman–Crippen MR) is 90.1 cm³/mol. The standard InChI is InChI=1S/C16H14FN5OS/c1-10-2-3-12(8-13(10)17)19-14(23)9-24-16-20-15(21-22-16)11-4-6-18-7-5-11/h2-8H,9H2,1H3,(H,19,23)(H,20,21,22). The fraction of sp³-hybridized carbons (Fsp3) is 0.125. The van der Waals surface area contributed by atoms with E-state index in [4.69, 9.17) is 0 Å². The molecule has 6 nitrogen and oxygen atoms in total. The average molecular weight is 343 g/mol. The first kappa shape index (κ1) is 16.1. The molecule has 0 fully saturated rings. The number of aryl methyl sites for hydroxylation is 1. The maximum Gasteiger partial charge on any atom is 0.234 e. The number of carbonyl (C=O) groups is 1. The zero-order valence-corrected chi connectivity index (χ0v) is 13.6. The lowest BCUT2D eigenvalue weighted by atomic mass is 10.2. The van der Waals surface area contributed by atoms with E-state index in [1.54, 1.807) is 31.5 Å². The van der Waals surface area contributed by atoms with Gasteiger partial charge in [0.15, 0.2) is 5.82 Å². The van der Waals surface area contributed by atoms with Gasteiger partial charge in [-0.3, -0.25) is 14.9 Å². The molecule has 3 aromatic rings. The quantitative estimate of drug-likeness (QED) is 0.696. The van der Waals surface area contributed by atoms with Crippen LogP contribution < -0.4 is 5.32 Å². The zero-order chi connectivity index (χ0) is 16.9. The van der Waals surface area contributed by atoms with Crippen molar-refractivity contribution in [3.05, 3.63) is 54.1 Å². The molecule has 2 aromatic heterocycles. The fourth-order valence-corrected chi connectivity index (χ4v) is 2.55. The summed E-state index contributed by atoms with van der Waals surface area (Å²) in [6, 6.07) is 8.21. The van der Waals surface area contributed by atoms with E-state index in [-0.39, 0.29) is 17.5 Å². The highest BCUT2D eigenvalue weighted by Crippen LogP contribution is 2.19. The first-order chi connectivity index (χ1) is 11.6. The Kier molecular flexibility index (Phi) is 4.85. The topological polar surface area (TPSA) is 83.6 Å². The monoisotopic (exact) mass is 343 g/mol. The van der Waals surface area contributed by atoms with Gasteiger partial charge in [-0.1, -0.05) is 17.8 Å². The highest BCUT2D eigenvalue weighted by atomic mass is 32.2. The minimum absolute atomic E-state index is 0.128. The Hall–Kier alpha value is -2.74. The molecular weight excluding hydrogens is 329 g/mol. The summed E-state index contributed by atoms with van der Waals surface area (Å²) >= 11 is 1.20. The minimum Gasteiger partial charge on any atom is -0.325 e. The maximum absolute atomic E-state index is 13.5. The number of nitrogens with one attached hydrogen (secondary N) is 2. The van der Waals surface area contributed by atoms with Crippen LogP contribution in [0.15, 0.2) is 47.9 Å². The van der Waals surface area contributed by atoms with Crippen molar-refractivity contribution >= 4 is 23.4 Å². The molecule has 0 radical (unpaired) electrons. The van der Waals surface area contributed by atoms with Crippen molar-refractivity contribution in [2.75, 3.05) is 11.1 Å². The van der Waals surface area contributed by atoms with Gasteiger partial charge >= 0.3 is 0 Å². The number of halogens is 1.